The van der Waals surface area contributed by atoms with E-state index in [4.69, 9.17) is 14.5 Å². The smallest absolute Gasteiger partial charge is 0.355 e. The first-order chi connectivity index (χ1) is 31.2. The zero-order chi connectivity index (χ0) is 45.9. The molecular weight excluding hydrogens is 833 g/mol. The van der Waals surface area contributed by atoms with Crippen molar-refractivity contribution in [3.63, 3.8) is 0 Å². The minimum atomic E-state index is -1.87. The van der Waals surface area contributed by atoms with Gasteiger partial charge in [0.2, 0.25) is 11.5 Å². The third kappa shape index (κ3) is 7.57. The largest absolute Gasteiger partial charge is 0.508 e. The maximum absolute atomic E-state index is 14.1. The maximum atomic E-state index is 14.1. The van der Waals surface area contributed by atoms with E-state index in [0.717, 1.165) is 36.8 Å². The van der Waals surface area contributed by atoms with Crippen LogP contribution < -0.4 is 5.56 Å². The number of esters is 2. The number of nitrogens with zero attached hydrogens (tertiary/aromatic N) is 6. The first-order valence-electron chi connectivity index (χ1n) is 22.4. The van der Waals surface area contributed by atoms with Crippen molar-refractivity contribution in [1.82, 2.24) is 24.2 Å². The van der Waals surface area contributed by atoms with Crippen LogP contribution in [0.3, 0.4) is 0 Å². The minimum absolute atomic E-state index is 0.00237. The number of hydrogen-bond donors (Lipinski definition) is 4. The zero-order valence-electron chi connectivity index (χ0n) is 36.8. The van der Waals surface area contributed by atoms with Crippen LogP contribution in [0.2, 0.25) is 0 Å². The molecule has 3 aromatic carbocycles. The molecule has 16 nitrogen and oxygen atoms in total. The Hall–Kier alpha value is -6.97. The average Bonchev–Trinajstić information content (AvgIpc) is 3.86. The number of carbonyl (C=O) groups excluding carboxylic acids is 3. The summed E-state index contributed by atoms with van der Waals surface area (Å²) in [4.78, 5) is 61.4. The molecule has 65 heavy (non-hydrogen) atoms. The molecule has 4 aliphatic heterocycles. The van der Waals surface area contributed by atoms with Crippen LogP contribution >= 0.6 is 0 Å². The Labute approximate surface area is 374 Å². The predicted molar refractivity (Wildman–Crippen MR) is 238 cm³/mol. The van der Waals surface area contributed by atoms with Crippen LogP contribution in [0.25, 0.3) is 17.1 Å². The number of benzene rings is 3. The van der Waals surface area contributed by atoms with Gasteiger partial charge in [-0.15, -0.1) is 5.10 Å². The summed E-state index contributed by atoms with van der Waals surface area (Å²) in [5.74, 6) is -1.41. The first-order valence-corrected chi connectivity index (χ1v) is 22.4. The van der Waals surface area contributed by atoms with Gasteiger partial charge in [0.15, 0.2) is 5.82 Å². The van der Waals surface area contributed by atoms with E-state index in [9.17, 15) is 39.6 Å². The van der Waals surface area contributed by atoms with Crippen LogP contribution in [0.15, 0.2) is 70.5 Å². The molecule has 4 aliphatic rings. The number of aromatic nitrogens is 4. The molecule has 1 amide bonds. The summed E-state index contributed by atoms with van der Waals surface area (Å²) in [7, 11) is 0. The number of likely N-dealkylation sites (tertiary alicyclic amines) is 1. The van der Waals surface area contributed by atoms with E-state index in [1.54, 1.807) is 46.7 Å². The molecule has 2 aromatic heterocycles. The van der Waals surface area contributed by atoms with E-state index in [2.05, 4.69) is 17.1 Å². The Balaban J connectivity index is 0.828. The lowest BCUT2D eigenvalue weighted by molar-refractivity contribution is -0.189. The van der Waals surface area contributed by atoms with Crippen molar-refractivity contribution in [3.8, 4) is 40.3 Å². The summed E-state index contributed by atoms with van der Waals surface area (Å²) in [5.41, 5.74) is 3.83. The lowest BCUT2D eigenvalue weighted by atomic mass is 9.78. The molecule has 3 atom stereocenters. The standard InChI is InChI=1S/C49H52N6O10/c1-5-31-33-20-30(56)11-12-38(33)50-44-35(31)24-54-39(44)22-37-36(46(54)61)25-64-47(62)49(37,6-2)65-43(60)14-13-42(59)53-17-15-28(16-18-53)19-27-7-9-29(10-8-27)55-45(51-52-48(55)63)34-21-32(26(3)4)40(57)23-41(34)58/h7-12,20-23,26,28,31,35,56-58H,5-6,13-19,24-25H2,1-4H3,(H,52,63). The summed E-state index contributed by atoms with van der Waals surface area (Å²) in [6, 6.07) is 17.0. The highest BCUT2D eigenvalue weighted by molar-refractivity contribution is 6.06. The maximum Gasteiger partial charge on any atom is 0.355 e. The summed E-state index contributed by atoms with van der Waals surface area (Å²) >= 11 is 0. The molecule has 0 radical (unpaired) electrons. The highest BCUT2D eigenvalue weighted by atomic mass is 16.6. The van der Waals surface area contributed by atoms with Crippen LogP contribution in [-0.4, -0.2) is 81.3 Å². The van der Waals surface area contributed by atoms with Crippen LogP contribution in [0.1, 0.15) is 112 Å². The van der Waals surface area contributed by atoms with Gasteiger partial charge in [-0.2, -0.15) is 0 Å². The normalized spacial score (nSPS) is 20.1. The molecule has 1 fully saturated rings. The number of ether oxygens (including phenoxy) is 2. The van der Waals surface area contributed by atoms with E-state index >= 15 is 0 Å². The fraction of sp³-hybridized carbons (Fsp3) is 0.408. The molecular formula is C49H52N6O10. The number of rotatable bonds is 11. The molecule has 1 saturated heterocycles. The van der Waals surface area contributed by atoms with Crippen LogP contribution in [0.5, 0.6) is 23.3 Å². The van der Waals surface area contributed by atoms with Crippen molar-refractivity contribution in [2.24, 2.45) is 16.8 Å². The number of carbonyl (C=O) groups is 3. The number of amides is 1. The third-order valence-corrected chi connectivity index (χ3v) is 13.8. The lowest BCUT2D eigenvalue weighted by Gasteiger charge is -2.36. The van der Waals surface area contributed by atoms with Crippen LogP contribution in [0, 0.1) is 11.8 Å². The summed E-state index contributed by atoms with van der Waals surface area (Å²) < 4.78 is 14.6. The van der Waals surface area contributed by atoms with E-state index in [1.807, 2.05) is 38.1 Å². The SMILES string of the molecule is CCC1c2cc(O)ccc2N=C2c3cc4c(c(=O)n3CC21)COC(=O)C4(CC)OC(=O)CCC(=O)N1CCC(Cc2ccc(-n3c(O)nnc3-c3cc(C(C)C)c(O)cc3O)cc2)CC1. The van der Waals surface area contributed by atoms with Gasteiger partial charge in [0.1, 0.15) is 23.9 Å². The molecule has 0 aliphatic carbocycles. The molecule has 0 saturated carbocycles. The number of fused-ring (bicyclic) bond motifs is 5. The van der Waals surface area contributed by atoms with Gasteiger partial charge in [-0.1, -0.05) is 44.9 Å². The fourth-order valence-corrected chi connectivity index (χ4v) is 10.2. The van der Waals surface area contributed by atoms with Gasteiger partial charge in [-0.3, -0.25) is 19.4 Å². The highest BCUT2D eigenvalue weighted by Crippen LogP contribution is 2.47. The molecule has 16 heteroatoms. The number of phenolic OH excluding ortho intramolecular Hbond substituents is 3. The number of phenols is 3. The van der Waals surface area contributed by atoms with Gasteiger partial charge in [-0.25, -0.2) is 9.36 Å². The minimum Gasteiger partial charge on any atom is -0.508 e. The fourth-order valence-electron chi connectivity index (χ4n) is 10.2. The van der Waals surface area contributed by atoms with Crippen molar-refractivity contribution < 1.29 is 44.3 Å². The molecule has 3 unspecified atom stereocenters. The van der Waals surface area contributed by atoms with E-state index in [-0.39, 0.29) is 95.3 Å². The zero-order valence-corrected chi connectivity index (χ0v) is 36.8. The number of pyridine rings is 1. The molecule has 5 aromatic rings. The van der Waals surface area contributed by atoms with Gasteiger partial charge in [0.05, 0.1) is 40.3 Å². The van der Waals surface area contributed by atoms with E-state index < -0.39 is 17.5 Å². The Morgan fingerprint density at radius 2 is 1.68 bits per heavy atom. The first kappa shape index (κ1) is 43.3. The van der Waals surface area contributed by atoms with E-state index in [0.29, 0.717) is 59.5 Å². The topological polar surface area (TPSA) is 219 Å². The summed E-state index contributed by atoms with van der Waals surface area (Å²) in [6.45, 7) is 8.76. The number of piperidine rings is 1. The Bertz CT molecular complexity index is 2820. The van der Waals surface area contributed by atoms with Gasteiger partial charge in [0, 0.05) is 43.6 Å². The van der Waals surface area contributed by atoms with Crippen molar-refractivity contribution in [2.45, 2.75) is 103 Å². The van der Waals surface area contributed by atoms with Crippen LogP contribution in [-0.2, 0) is 49.0 Å². The molecule has 9 rings (SSSR count). The molecule has 338 valence electrons. The van der Waals surface area contributed by atoms with Gasteiger partial charge in [-0.05, 0) is 109 Å². The molecule has 6 heterocycles. The van der Waals surface area contributed by atoms with Gasteiger partial charge in [0.25, 0.3) is 5.56 Å². The molecule has 0 spiro atoms. The van der Waals surface area contributed by atoms with Gasteiger partial charge >= 0.3 is 17.9 Å². The average molecular weight is 885 g/mol. The van der Waals surface area contributed by atoms with Crippen molar-refractivity contribution >= 4 is 29.2 Å². The highest BCUT2D eigenvalue weighted by Gasteiger charge is 2.51. The van der Waals surface area contributed by atoms with Crippen molar-refractivity contribution in [2.75, 3.05) is 13.1 Å². The summed E-state index contributed by atoms with van der Waals surface area (Å²) in [5, 5.41) is 49.9. The van der Waals surface area contributed by atoms with Crippen LogP contribution in [0.4, 0.5) is 5.69 Å². The van der Waals surface area contributed by atoms with E-state index in [1.165, 1.54) is 10.6 Å². The van der Waals surface area contributed by atoms with Crippen molar-refractivity contribution in [1.29, 1.82) is 0 Å². The van der Waals surface area contributed by atoms with Gasteiger partial charge < -0.3 is 39.4 Å². The third-order valence-electron chi connectivity index (χ3n) is 13.8. The Morgan fingerprint density at radius 1 is 0.923 bits per heavy atom. The van der Waals surface area contributed by atoms with Crippen molar-refractivity contribution in [3.05, 3.63) is 105 Å². The number of aromatic hydroxyl groups is 4. The predicted octanol–water partition coefficient (Wildman–Crippen LogP) is 6.77. The Morgan fingerprint density at radius 3 is 2.38 bits per heavy atom. The number of hydrogen-bond acceptors (Lipinski definition) is 13. The number of cyclic esters (lactones) is 1. The monoisotopic (exact) mass is 884 g/mol. The summed E-state index contributed by atoms with van der Waals surface area (Å²) in [6.07, 6.45) is 2.68. The molecule has 0 bridgehead atoms. The second kappa shape index (κ2) is 16.9. The second-order valence-corrected chi connectivity index (χ2v) is 17.9. The Kier molecular flexibility index (Phi) is 11.2. The lowest BCUT2D eigenvalue weighted by Crippen LogP contribution is -2.47. The second-order valence-electron chi connectivity index (χ2n) is 17.9. The number of aliphatic imine (C=N–C) groups is 1. The quantitative estimate of drug-likeness (QED) is 0.101. The molecule has 4 N–H and O–H groups in total.